The third kappa shape index (κ3) is 3.04. The van der Waals surface area contributed by atoms with Crippen molar-refractivity contribution < 1.29 is 4.92 Å². The van der Waals surface area contributed by atoms with Crippen molar-refractivity contribution in [3.05, 3.63) is 57.6 Å². The van der Waals surface area contributed by atoms with Crippen LogP contribution in [-0.2, 0) is 0 Å². The summed E-state index contributed by atoms with van der Waals surface area (Å²) in [6, 6.07) is 11.5. The molecule has 0 amide bonds. The molecule has 0 atom stereocenters. The topological polar surface area (TPSA) is 80.8 Å². The predicted octanol–water partition coefficient (Wildman–Crippen LogP) is 5.27. The third-order valence-electron chi connectivity index (χ3n) is 2.63. The highest BCUT2D eigenvalue weighted by atomic mass is 35.5. The Balaban J connectivity index is 1.92. The van der Waals surface area contributed by atoms with E-state index >= 15 is 0 Å². The Morgan fingerprint density at radius 1 is 1.19 bits per heavy atom. The fourth-order valence-corrected chi connectivity index (χ4v) is 2.70. The van der Waals surface area contributed by atoms with Crippen molar-refractivity contribution in [1.82, 2.24) is 4.98 Å². The summed E-state index contributed by atoms with van der Waals surface area (Å²) >= 11 is 7.10. The van der Waals surface area contributed by atoms with Crippen LogP contribution < -0.4 is 0 Å². The maximum Gasteiger partial charge on any atom is 0.270 e. The van der Waals surface area contributed by atoms with Crippen molar-refractivity contribution in [1.29, 1.82) is 0 Å². The summed E-state index contributed by atoms with van der Waals surface area (Å²) in [4.78, 5) is 14.5. The van der Waals surface area contributed by atoms with Gasteiger partial charge in [-0.3, -0.25) is 10.1 Å². The van der Waals surface area contributed by atoms with E-state index in [0.29, 0.717) is 26.1 Å². The molecule has 0 aliphatic rings. The Morgan fingerprint density at radius 3 is 2.81 bits per heavy atom. The van der Waals surface area contributed by atoms with Crippen molar-refractivity contribution >= 4 is 49.7 Å². The molecule has 0 saturated heterocycles. The molecular formula is C13H7ClN4O2S. The Morgan fingerprint density at radius 2 is 2.05 bits per heavy atom. The van der Waals surface area contributed by atoms with Gasteiger partial charge in [-0.1, -0.05) is 29.0 Å². The summed E-state index contributed by atoms with van der Waals surface area (Å²) in [5.41, 5.74) is 1.31. The highest BCUT2D eigenvalue weighted by Gasteiger charge is 2.09. The minimum atomic E-state index is -0.438. The van der Waals surface area contributed by atoms with Crippen LogP contribution in [0.1, 0.15) is 0 Å². The van der Waals surface area contributed by atoms with Crippen molar-refractivity contribution in [2.45, 2.75) is 0 Å². The number of thiazole rings is 1. The maximum atomic E-state index is 10.7. The van der Waals surface area contributed by atoms with Gasteiger partial charge in [0.1, 0.15) is 0 Å². The lowest BCUT2D eigenvalue weighted by molar-refractivity contribution is -0.384. The zero-order valence-electron chi connectivity index (χ0n) is 10.4. The Hall–Kier alpha value is -2.38. The predicted molar refractivity (Wildman–Crippen MR) is 81.9 cm³/mol. The average Bonchev–Trinajstić information content (AvgIpc) is 2.87. The standard InChI is InChI=1S/C13H7ClN4O2S/c14-8-2-1-3-9(6-8)16-17-13-15-11-5-4-10(18(19)20)7-12(11)21-13/h1-7H. The van der Waals surface area contributed by atoms with E-state index < -0.39 is 4.92 Å². The molecule has 3 rings (SSSR count). The summed E-state index contributed by atoms with van der Waals surface area (Å²) < 4.78 is 0.698. The largest absolute Gasteiger partial charge is 0.270 e. The summed E-state index contributed by atoms with van der Waals surface area (Å²) in [6.07, 6.45) is 0. The van der Waals surface area contributed by atoms with E-state index in [0.717, 1.165) is 0 Å². The number of hydrogen-bond donors (Lipinski definition) is 0. The van der Waals surface area contributed by atoms with E-state index in [1.807, 2.05) is 0 Å². The lowest BCUT2D eigenvalue weighted by Gasteiger charge is -1.91. The monoisotopic (exact) mass is 318 g/mol. The highest BCUT2D eigenvalue weighted by Crippen LogP contribution is 2.31. The first-order valence-corrected chi connectivity index (χ1v) is 7.03. The molecular weight excluding hydrogens is 312 g/mol. The molecule has 1 heterocycles. The molecule has 0 fully saturated rings. The average molecular weight is 319 g/mol. The van der Waals surface area contributed by atoms with Crippen molar-refractivity contribution in [2.24, 2.45) is 10.2 Å². The van der Waals surface area contributed by atoms with E-state index in [9.17, 15) is 10.1 Å². The maximum absolute atomic E-state index is 10.7. The van der Waals surface area contributed by atoms with Crippen LogP contribution in [0.5, 0.6) is 0 Å². The second kappa shape index (κ2) is 5.55. The zero-order valence-corrected chi connectivity index (χ0v) is 12.0. The second-order valence-corrected chi connectivity index (χ2v) is 5.53. The van der Waals surface area contributed by atoms with E-state index in [2.05, 4.69) is 15.2 Å². The van der Waals surface area contributed by atoms with Gasteiger partial charge < -0.3 is 0 Å². The van der Waals surface area contributed by atoms with Crippen molar-refractivity contribution in [2.75, 3.05) is 0 Å². The Kier molecular flexibility index (Phi) is 3.59. The van der Waals surface area contributed by atoms with Crippen LogP contribution in [0.25, 0.3) is 10.2 Å². The first kappa shape index (κ1) is 13.6. The molecule has 0 saturated carbocycles. The van der Waals surface area contributed by atoms with Crippen LogP contribution in [0.4, 0.5) is 16.5 Å². The molecule has 1 aromatic heterocycles. The lowest BCUT2D eigenvalue weighted by atomic mass is 10.3. The van der Waals surface area contributed by atoms with Gasteiger partial charge in [0.05, 0.1) is 20.8 Å². The normalized spacial score (nSPS) is 11.3. The molecule has 0 unspecified atom stereocenters. The van der Waals surface area contributed by atoms with Crippen molar-refractivity contribution in [3.63, 3.8) is 0 Å². The van der Waals surface area contributed by atoms with Gasteiger partial charge in [-0.25, -0.2) is 4.98 Å². The molecule has 8 heteroatoms. The number of halogens is 1. The number of nitrogens with zero attached hydrogens (tertiary/aromatic N) is 4. The Bertz CT molecular complexity index is 862. The van der Waals surface area contributed by atoms with Crippen LogP contribution in [0, 0.1) is 10.1 Å². The molecule has 3 aromatic rings. The van der Waals surface area contributed by atoms with Gasteiger partial charge >= 0.3 is 0 Å². The molecule has 0 radical (unpaired) electrons. The molecule has 0 spiro atoms. The highest BCUT2D eigenvalue weighted by molar-refractivity contribution is 7.21. The minimum absolute atomic E-state index is 0.0319. The number of non-ortho nitro benzene ring substituents is 1. The molecule has 0 bridgehead atoms. The quantitative estimate of drug-likeness (QED) is 0.374. The SMILES string of the molecule is O=[N+]([O-])c1ccc2nc(N=Nc3cccc(Cl)c3)sc2c1. The van der Waals surface area contributed by atoms with Gasteiger partial charge in [0, 0.05) is 17.2 Å². The molecule has 104 valence electrons. The van der Waals surface area contributed by atoms with E-state index in [1.165, 1.54) is 23.5 Å². The number of fused-ring (bicyclic) bond motifs is 1. The van der Waals surface area contributed by atoms with Crippen LogP contribution in [0.2, 0.25) is 5.02 Å². The van der Waals surface area contributed by atoms with Gasteiger partial charge in [0.25, 0.3) is 5.69 Å². The zero-order chi connectivity index (χ0) is 14.8. The number of azo groups is 1. The van der Waals surface area contributed by atoms with Crippen LogP contribution in [-0.4, -0.2) is 9.91 Å². The summed E-state index contributed by atoms with van der Waals surface area (Å²) in [7, 11) is 0. The fourth-order valence-electron chi connectivity index (χ4n) is 1.70. The minimum Gasteiger partial charge on any atom is -0.258 e. The summed E-state index contributed by atoms with van der Waals surface area (Å²) in [6.45, 7) is 0. The number of nitro benzene ring substituents is 1. The Labute approximate surface area is 127 Å². The lowest BCUT2D eigenvalue weighted by Crippen LogP contribution is -1.85. The van der Waals surface area contributed by atoms with Gasteiger partial charge in [0.15, 0.2) is 0 Å². The number of aromatic nitrogens is 1. The molecule has 0 aliphatic carbocycles. The number of benzene rings is 2. The van der Waals surface area contributed by atoms with Gasteiger partial charge in [-0.2, -0.15) is 0 Å². The molecule has 0 aliphatic heterocycles. The van der Waals surface area contributed by atoms with E-state index in [-0.39, 0.29) is 5.69 Å². The number of rotatable bonds is 3. The first-order valence-electron chi connectivity index (χ1n) is 5.84. The van der Waals surface area contributed by atoms with Gasteiger partial charge in [0.2, 0.25) is 5.13 Å². The van der Waals surface area contributed by atoms with Crippen LogP contribution >= 0.6 is 22.9 Å². The molecule has 21 heavy (non-hydrogen) atoms. The van der Waals surface area contributed by atoms with Crippen molar-refractivity contribution in [3.8, 4) is 0 Å². The molecule has 0 N–H and O–H groups in total. The number of nitro groups is 1. The summed E-state index contributed by atoms with van der Waals surface area (Å²) in [5.74, 6) is 0. The fraction of sp³-hybridized carbons (Fsp3) is 0. The van der Waals surface area contributed by atoms with Crippen LogP contribution in [0.3, 0.4) is 0 Å². The molecule has 2 aromatic carbocycles. The second-order valence-electron chi connectivity index (χ2n) is 4.09. The van der Waals surface area contributed by atoms with Crippen LogP contribution in [0.15, 0.2) is 52.7 Å². The first-order chi connectivity index (χ1) is 10.1. The third-order valence-corrected chi connectivity index (χ3v) is 3.77. The van der Waals surface area contributed by atoms with E-state index in [4.69, 9.17) is 11.6 Å². The summed E-state index contributed by atoms with van der Waals surface area (Å²) in [5, 5.41) is 19.8. The molecule has 6 nitrogen and oxygen atoms in total. The van der Waals surface area contributed by atoms with Gasteiger partial charge in [-0.05, 0) is 24.3 Å². The van der Waals surface area contributed by atoms with E-state index in [1.54, 1.807) is 30.3 Å². The smallest absolute Gasteiger partial charge is 0.258 e. The van der Waals surface area contributed by atoms with Gasteiger partial charge in [-0.15, -0.1) is 10.2 Å². The number of hydrogen-bond acceptors (Lipinski definition) is 6.